The first-order valence-electron chi connectivity index (χ1n) is 11.7. The number of hydrogen-bond acceptors (Lipinski definition) is 6. The van der Waals surface area contributed by atoms with Crippen molar-refractivity contribution in [3.63, 3.8) is 0 Å². The topological polar surface area (TPSA) is 82.3 Å². The van der Waals surface area contributed by atoms with E-state index in [9.17, 15) is 9.90 Å². The van der Waals surface area contributed by atoms with Gasteiger partial charge in [-0.25, -0.2) is 9.88 Å². The molecule has 0 fully saturated rings. The van der Waals surface area contributed by atoms with Crippen LogP contribution in [-0.4, -0.2) is 28.3 Å². The predicted octanol–water partition coefficient (Wildman–Crippen LogP) is 4.47. The molecule has 35 heavy (non-hydrogen) atoms. The zero-order valence-corrected chi connectivity index (χ0v) is 20.7. The normalized spacial score (nSPS) is 14.5. The van der Waals surface area contributed by atoms with Crippen LogP contribution in [0.1, 0.15) is 38.9 Å². The maximum atomic E-state index is 13.4. The maximum absolute atomic E-state index is 13.4. The highest BCUT2D eigenvalue weighted by atomic mass is 32.2. The number of fused-ring (bicyclic) bond motifs is 4. The van der Waals surface area contributed by atoms with Crippen molar-refractivity contribution in [2.24, 2.45) is 0 Å². The summed E-state index contributed by atoms with van der Waals surface area (Å²) in [6.07, 6.45) is 0.117. The van der Waals surface area contributed by atoms with Gasteiger partial charge in [0.05, 0.1) is 29.3 Å². The number of anilines is 1. The third-order valence-electron chi connectivity index (χ3n) is 5.98. The van der Waals surface area contributed by atoms with Gasteiger partial charge in [-0.1, -0.05) is 72.8 Å². The Kier molecular flexibility index (Phi) is 6.30. The number of thioether (sulfide) groups is 1. The second-order valence-corrected chi connectivity index (χ2v) is 9.48. The molecule has 0 saturated heterocycles. The van der Waals surface area contributed by atoms with Gasteiger partial charge in [0.25, 0.3) is 17.0 Å². The van der Waals surface area contributed by atoms with Gasteiger partial charge in [-0.15, -0.1) is 0 Å². The largest absolute Gasteiger partial charge is 0.854 e. The Morgan fingerprint density at radius 3 is 2.66 bits per heavy atom. The van der Waals surface area contributed by atoms with Gasteiger partial charge in [0.1, 0.15) is 5.75 Å². The Bertz CT molecular complexity index is 1430. The first-order valence-corrected chi connectivity index (χ1v) is 12.7. The molecular weight excluding hydrogens is 460 g/mol. The van der Waals surface area contributed by atoms with E-state index in [1.165, 1.54) is 18.7 Å². The number of nitrogens with zero attached hydrogens (tertiary/aromatic N) is 4. The first kappa shape index (κ1) is 23.1. The standard InChI is InChI=1S/C27H26N4O3S/c1-4-16-34-22-15-14-18-10-6-7-11-19(18)23(22)26-30(17(3)32)21-13-9-8-12-20(21)24-25(33)28-27(35-5-2)29-31(24)26/h6-15,26H,4-5,16H2,1-3H3. The smallest absolute Gasteiger partial charge is 0.297 e. The Labute approximate surface area is 208 Å². The van der Waals surface area contributed by atoms with E-state index in [-0.39, 0.29) is 11.8 Å². The van der Waals surface area contributed by atoms with E-state index in [2.05, 4.69) is 11.9 Å². The van der Waals surface area contributed by atoms with Crippen LogP contribution in [0, 0.1) is 0 Å². The minimum Gasteiger partial charge on any atom is -0.854 e. The molecule has 7 nitrogen and oxygen atoms in total. The third-order valence-corrected chi connectivity index (χ3v) is 6.70. The molecule has 3 aromatic carbocycles. The Balaban J connectivity index is 1.89. The molecule has 1 aliphatic heterocycles. The molecule has 8 heteroatoms. The zero-order valence-electron chi connectivity index (χ0n) is 19.9. The van der Waals surface area contributed by atoms with E-state index in [4.69, 9.17) is 9.84 Å². The molecule has 1 amide bonds. The summed E-state index contributed by atoms with van der Waals surface area (Å²) < 4.78 is 7.87. The van der Waals surface area contributed by atoms with E-state index in [0.29, 0.717) is 34.5 Å². The van der Waals surface area contributed by atoms with Gasteiger partial charge in [0.15, 0.2) is 0 Å². The zero-order chi connectivity index (χ0) is 24.5. The quantitative estimate of drug-likeness (QED) is 0.295. The van der Waals surface area contributed by atoms with Crippen molar-refractivity contribution in [3.8, 4) is 22.9 Å². The summed E-state index contributed by atoms with van der Waals surface area (Å²) in [5, 5.41) is 20.5. The number of rotatable bonds is 6. The summed E-state index contributed by atoms with van der Waals surface area (Å²) in [7, 11) is 0. The Morgan fingerprint density at radius 2 is 1.89 bits per heavy atom. The molecule has 1 aromatic heterocycles. The SMILES string of the molecule is CCCOc1ccc2ccccc2c1C1N(C(C)=O)c2ccccc2-c2c([O-])nc(SCC)n[n+]21. The Morgan fingerprint density at radius 1 is 1.11 bits per heavy atom. The number of carbonyl (C=O) groups is 1. The molecule has 2 heterocycles. The number of carbonyl (C=O) groups excluding carboxylic acids is 1. The highest BCUT2D eigenvalue weighted by Gasteiger charge is 2.46. The van der Waals surface area contributed by atoms with Crippen LogP contribution in [0.15, 0.2) is 65.8 Å². The number of benzene rings is 3. The molecule has 4 aromatic rings. The lowest BCUT2D eigenvalue weighted by Gasteiger charge is -2.34. The van der Waals surface area contributed by atoms with Gasteiger partial charge in [0.2, 0.25) is 5.91 Å². The van der Waals surface area contributed by atoms with Crippen molar-refractivity contribution in [1.82, 2.24) is 10.1 Å². The molecule has 1 atom stereocenters. The van der Waals surface area contributed by atoms with Gasteiger partial charge in [0, 0.05) is 12.0 Å². The highest BCUT2D eigenvalue weighted by molar-refractivity contribution is 7.99. The summed E-state index contributed by atoms with van der Waals surface area (Å²) >= 11 is 1.39. The molecule has 178 valence electrons. The molecule has 0 spiro atoms. The summed E-state index contributed by atoms with van der Waals surface area (Å²) in [6.45, 7) is 6.10. The van der Waals surface area contributed by atoms with Crippen LogP contribution in [0.3, 0.4) is 0 Å². The summed E-state index contributed by atoms with van der Waals surface area (Å²) in [6, 6.07) is 19.4. The number of hydrogen-bond donors (Lipinski definition) is 0. The molecule has 0 saturated carbocycles. The van der Waals surface area contributed by atoms with E-state index in [1.54, 1.807) is 9.58 Å². The monoisotopic (exact) mass is 486 g/mol. The number of ether oxygens (including phenoxy) is 1. The van der Waals surface area contributed by atoms with Crippen LogP contribution in [0.25, 0.3) is 22.0 Å². The number of amides is 1. The Hall–Kier alpha value is -3.65. The van der Waals surface area contributed by atoms with Crippen molar-refractivity contribution < 1.29 is 19.3 Å². The van der Waals surface area contributed by atoms with Crippen molar-refractivity contribution >= 4 is 34.1 Å². The molecule has 1 aliphatic rings. The second-order valence-electron chi connectivity index (χ2n) is 8.25. The van der Waals surface area contributed by atoms with Gasteiger partial charge < -0.3 is 9.84 Å². The third kappa shape index (κ3) is 3.97. The number of aromatic nitrogens is 3. The minimum atomic E-state index is -0.720. The molecule has 0 bridgehead atoms. The average molecular weight is 487 g/mol. The van der Waals surface area contributed by atoms with Crippen LogP contribution in [-0.2, 0) is 4.79 Å². The molecule has 0 N–H and O–H groups in total. The van der Waals surface area contributed by atoms with Crippen LogP contribution >= 0.6 is 11.8 Å². The molecule has 5 rings (SSSR count). The predicted molar refractivity (Wildman–Crippen MR) is 135 cm³/mol. The van der Waals surface area contributed by atoms with Crippen molar-refractivity contribution in [2.45, 2.75) is 38.5 Å². The van der Waals surface area contributed by atoms with Crippen LogP contribution in [0.2, 0.25) is 0 Å². The average Bonchev–Trinajstić information content (AvgIpc) is 2.86. The lowest BCUT2D eigenvalue weighted by atomic mass is 9.96. The summed E-state index contributed by atoms with van der Waals surface area (Å²) in [5.41, 5.74) is 2.43. The van der Waals surface area contributed by atoms with Crippen LogP contribution in [0.4, 0.5) is 5.69 Å². The van der Waals surface area contributed by atoms with Crippen molar-refractivity contribution in [2.75, 3.05) is 17.3 Å². The lowest BCUT2D eigenvalue weighted by Crippen LogP contribution is -2.59. The fraction of sp³-hybridized carbons (Fsp3) is 0.259. The second kappa shape index (κ2) is 9.54. The summed E-state index contributed by atoms with van der Waals surface area (Å²) in [4.78, 5) is 19.2. The summed E-state index contributed by atoms with van der Waals surface area (Å²) in [5.74, 6) is 0.851. The van der Waals surface area contributed by atoms with Crippen LogP contribution in [0.5, 0.6) is 11.6 Å². The van der Waals surface area contributed by atoms with Gasteiger partial charge in [-0.05, 0) is 41.1 Å². The molecule has 0 aliphatic carbocycles. The number of para-hydroxylation sites is 1. The minimum absolute atomic E-state index is 0.161. The fourth-order valence-corrected chi connectivity index (χ4v) is 5.16. The van der Waals surface area contributed by atoms with E-state index < -0.39 is 6.17 Å². The van der Waals surface area contributed by atoms with Gasteiger partial charge in [-0.2, -0.15) is 0 Å². The maximum Gasteiger partial charge on any atom is 0.297 e. The lowest BCUT2D eigenvalue weighted by molar-refractivity contribution is -0.764. The molecule has 0 radical (unpaired) electrons. The van der Waals surface area contributed by atoms with Gasteiger partial charge in [-0.3, -0.25) is 4.79 Å². The fourth-order valence-electron chi connectivity index (χ4n) is 4.61. The molecule has 1 unspecified atom stereocenters. The van der Waals surface area contributed by atoms with E-state index >= 15 is 0 Å². The van der Waals surface area contributed by atoms with E-state index in [0.717, 1.165) is 28.5 Å². The van der Waals surface area contributed by atoms with Crippen molar-refractivity contribution in [1.29, 1.82) is 0 Å². The van der Waals surface area contributed by atoms with E-state index in [1.807, 2.05) is 67.6 Å². The van der Waals surface area contributed by atoms with Crippen LogP contribution < -0.4 is 19.4 Å². The van der Waals surface area contributed by atoms with Crippen molar-refractivity contribution in [3.05, 3.63) is 66.2 Å². The first-order chi connectivity index (χ1) is 17.0. The van der Waals surface area contributed by atoms with Gasteiger partial charge >= 0.3 is 0 Å². The highest BCUT2D eigenvalue weighted by Crippen LogP contribution is 2.44. The molecular formula is C27H26N4O3S.